The number of ether oxygens (including phenoxy) is 2. The number of Topliss-reactive ketones (excluding diaryl/α,β-unsaturated/α-hetero) is 1. The summed E-state index contributed by atoms with van der Waals surface area (Å²) in [6, 6.07) is -1.61. The molecule has 264 valence electrons. The molecule has 0 bridgehead atoms. The van der Waals surface area contributed by atoms with Crippen LogP contribution in [0.3, 0.4) is 0 Å². The molecule has 4 aliphatic rings. The van der Waals surface area contributed by atoms with Gasteiger partial charge in [0.15, 0.2) is 18.1 Å². The number of alkyl halides is 1. The van der Waals surface area contributed by atoms with Gasteiger partial charge in [0.25, 0.3) is 0 Å². The van der Waals surface area contributed by atoms with Crippen molar-refractivity contribution >= 4 is 23.5 Å². The van der Waals surface area contributed by atoms with Gasteiger partial charge in [-0.15, -0.1) is 0 Å². The number of fused-ring (bicyclic) bond motifs is 5. The van der Waals surface area contributed by atoms with Crippen molar-refractivity contribution in [3.8, 4) is 0 Å². The molecule has 2 unspecified atom stereocenters. The second-order valence-electron chi connectivity index (χ2n) is 13.2. The first-order valence-electron chi connectivity index (χ1n) is 15.1. The molecule has 18 heteroatoms. The minimum Gasteiger partial charge on any atom is -0.462 e. The van der Waals surface area contributed by atoms with E-state index in [1.807, 2.05) is 0 Å². The fourth-order valence-electron chi connectivity index (χ4n) is 8.39. The third kappa shape index (κ3) is 6.52. The smallest absolute Gasteiger partial charge is 0.323 e. The number of nitrogens with zero attached hydrogens (tertiary/aromatic N) is 2. The summed E-state index contributed by atoms with van der Waals surface area (Å²) in [7, 11) is 0. The number of carbonyl (C=O) groups excluding carboxylic acids is 4. The van der Waals surface area contributed by atoms with Crippen LogP contribution in [0.4, 0.5) is 4.39 Å². The lowest BCUT2D eigenvalue weighted by atomic mass is 9.44. The molecule has 3 saturated carbocycles. The molecule has 0 heterocycles. The summed E-state index contributed by atoms with van der Waals surface area (Å²) in [6.07, 6.45) is 1.13. The molecule has 0 aromatic carbocycles. The van der Waals surface area contributed by atoms with E-state index >= 15 is 4.39 Å². The number of rotatable bonds is 13. The lowest BCUT2D eigenvalue weighted by Crippen LogP contribution is -2.69. The van der Waals surface area contributed by atoms with Crippen LogP contribution in [0, 0.1) is 28.6 Å². The van der Waals surface area contributed by atoms with Crippen LogP contribution < -0.4 is 5.73 Å². The number of nitrogens with two attached hydrogens (primary N) is 1. The average molecular weight is 676 g/mol. The van der Waals surface area contributed by atoms with Gasteiger partial charge in [-0.25, -0.2) is 14.1 Å². The molecule has 0 amide bonds. The number of hydrogen-bond donors (Lipinski definition) is 7. The second-order valence-corrected chi connectivity index (χ2v) is 13.2. The molecular formula is C29H42FN3O14. The van der Waals surface area contributed by atoms with Crippen molar-refractivity contribution in [2.75, 3.05) is 19.8 Å². The van der Waals surface area contributed by atoms with E-state index in [4.69, 9.17) is 36.0 Å². The first-order chi connectivity index (χ1) is 21.8. The quantitative estimate of drug-likeness (QED) is 0.101. The van der Waals surface area contributed by atoms with Crippen LogP contribution in [-0.4, -0.2) is 115 Å². The highest BCUT2D eigenvalue weighted by Crippen LogP contribution is 2.70. The summed E-state index contributed by atoms with van der Waals surface area (Å²) in [5, 5.41) is 56.8. The van der Waals surface area contributed by atoms with Gasteiger partial charge in [-0.2, -0.15) is 0 Å². The van der Waals surface area contributed by atoms with E-state index in [9.17, 15) is 29.4 Å². The number of hydrogen-bond acceptors (Lipinski definition) is 17. The molecule has 17 nitrogen and oxygen atoms in total. The SMILES string of the molecule is C[C@@H]1C[C@H]2[C@@H]3CCC4=CC(=O)C=C[C@]4(C)[C@@]3(F)[C@@H](O)C[C@]2(C)[C@@]1(O)C(=O)COC(=O)CC(N)C(=O)OCC(CON(O)O)ON(O)O. The lowest BCUT2D eigenvalue weighted by Gasteiger charge is -2.62. The van der Waals surface area contributed by atoms with E-state index in [2.05, 4.69) is 9.68 Å². The molecule has 47 heavy (non-hydrogen) atoms. The van der Waals surface area contributed by atoms with Gasteiger partial charge in [0.2, 0.25) is 5.78 Å². The van der Waals surface area contributed by atoms with E-state index < -0.39 is 113 Å². The minimum absolute atomic E-state index is 0.249. The van der Waals surface area contributed by atoms with Crippen LogP contribution in [0.15, 0.2) is 23.8 Å². The molecule has 0 saturated heterocycles. The molecule has 0 aromatic rings. The first kappa shape index (κ1) is 37.1. The van der Waals surface area contributed by atoms with Crippen molar-refractivity contribution in [1.82, 2.24) is 10.8 Å². The van der Waals surface area contributed by atoms with Crippen LogP contribution >= 0.6 is 0 Å². The van der Waals surface area contributed by atoms with E-state index in [0.717, 1.165) is 0 Å². The van der Waals surface area contributed by atoms with Gasteiger partial charge in [-0.05, 0) is 56.6 Å². The van der Waals surface area contributed by atoms with Crippen LogP contribution in [0.25, 0.3) is 0 Å². The van der Waals surface area contributed by atoms with Gasteiger partial charge in [0, 0.05) is 16.7 Å². The topological polar surface area (TPSA) is 259 Å². The van der Waals surface area contributed by atoms with Crippen LogP contribution in [0.1, 0.15) is 52.9 Å². The van der Waals surface area contributed by atoms with E-state index in [1.54, 1.807) is 20.8 Å². The predicted molar refractivity (Wildman–Crippen MR) is 149 cm³/mol. The average Bonchev–Trinajstić information content (AvgIpc) is 3.19. The van der Waals surface area contributed by atoms with Gasteiger partial charge in [-0.1, -0.05) is 25.5 Å². The number of allylic oxidation sites excluding steroid dienone is 4. The summed E-state index contributed by atoms with van der Waals surface area (Å²) < 4.78 is 27.2. The number of aliphatic hydroxyl groups excluding tert-OH is 1. The Balaban J connectivity index is 1.39. The minimum atomic E-state index is -2.16. The third-order valence-electron chi connectivity index (χ3n) is 10.7. The molecule has 4 aliphatic carbocycles. The molecule has 0 spiro atoms. The van der Waals surface area contributed by atoms with E-state index in [-0.39, 0.29) is 18.6 Å². The molecule has 3 fully saturated rings. The maximum atomic E-state index is 17.3. The maximum absolute atomic E-state index is 17.3. The lowest BCUT2D eigenvalue weighted by molar-refractivity contribution is -0.527. The fourth-order valence-corrected chi connectivity index (χ4v) is 8.39. The zero-order valence-electron chi connectivity index (χ0n) is 26.2. The van der Waals surface area contributed by atoms with Crippen molar-refractivity contribution < 1.29 is 73.8 Å². The molecule has 10 atom stereocenters. The van der Waals surface area contributed by atoms with Crippen LogP contribution in [-0.2, 0) is 38.3 Å². The summed E-state index contributed by atoms with van der Waals surface area (Å²) in [4.78, 5) is 59.1. The van der Waals surface area contributed by atoms with Crippen molar-refractivity contribution in [2.45, 2.75) is 82.4 Å². The molecule has 0 aliphatic heterocycles. The van der Waals surface area contributed by atoms with Crippen molar-refractivity contribution in [2.24, 2.45) is 34.3 Å². The highest BCUT2D eigenvalue weighted by atomic mass is 19.1. The number of halogens is 1. The first-order valence-corrected chi connectivity index (χ1v) is 15.1. The molecule has 0 aromatic heterocycles. The third-order valence-corrected chi connectivity index (χ3v) is 10.7. The summed E-state index contributed by atoms with van der Waals surface area (Å²) in [5.41, 5.74) is -0.485. The predicted octanol–water partition coefficient (Wildman–Crippen LogP) is 0.0998. The monoisotopic (exact) mass is 675 g/mol. The highest BCUT2D eigenvalue weighted by molar-refractivity contribution is 6.01. The van der Waals surface area contributed by atoms with Gasteiger partial charge in [0.1, 0.15) is 31.0 Å². The summed E-state index contributed by atoms with van der Waals surface area (Å²) >= 11 is 0. The Morgan fingerprint density at radius 2 is 1.79 bits per heavy atom. The zero-order chi connectivity index (χ0) is 35.1. The number of carbonyl (C=O) groups is 4. The Morgan fingerprint density at radius 1 is 1.11 bits per heavy atom. The molecular weight excluding hydrogens is 633 g/mol. The van der Waals surface area contributed by atoms with Gasteiger partial charge >= 0.3 is 11.9 Å². The van der Waals surface area contributed by atoms with Gasteiger partial charge < -0.3 is 25.4 Å². The zero-order valence-corrected chi connectivity index (χ0v) is 26.2. The van der Waals surface area contributed by atoms with Crippen molar-refractivity contribution in [1.29, 1.82) is 0 Å². The van der Waals surface area contributed by atoms with Crippen molar-refractivity contribution in [3.05, 3.63) is 23.8 Å². The largest absolute Gasteiger partial charge is 0.462 e. The molecule has 8 N–H and O–H groups in total. The Hall–Kier alpha value is -2.75. The van der Waals surface area contributed by atoms with E-state index in [1.165, 1.54) is 18.2 Å². The Bertz CT molecular complexity index is 1310. The normalized spacial score (nSPS) is 37.5. The highest BCUT2D eigenvalue weighted by Gasteiger charge is 2.75. The number of ketones is 2. The van der Waals surface area contributed by atoms with Crippen LogP contribution in [0.2, 0.25) is 0 Å². The second kappa shape index (κ2) is 13.6. The Kier molecular flexibility index (Phi) is 10.8. The van der Waals surface area contributed by atoms with Crippen LogP contribution in [0.5, 0.6) is 0 Å². The standard InChI is InChI=1S/C29H42FN3O14/c1-15-8-20-19-5-4-16-9-17(34)6-7-26(16,2)28(19,30)22(35)11-27(20,3)29(15,39)23(36)14-44-24(37)10-21(31)25(38)45-12-18(47-33(42)43)13-46-32(40)41/h6-7,9,15,18-22,35,39-43H,4-5,8,10-14,31H2,1-3H3/t15-,18?,19+,20+,21?,22+,26+,27+,28+,29+/m1/s1. The van der Waals surface area contributed by atoms with Gasteiger partial charge in [-0.3, -0.25) is 40.0 Å². The molecule has 0 radical (unpaired) electrons. The Morgan fingerprint density at radius 3 is 2.43 bits per heavy atom. The summed E-state index contributed by atoms with van der Waals surface area (Å²) in [5.74, 6) is -5.33. The van der Waals surface area contributed by atoms with Crippen molar-refractivity contribution in [3.63, 3.8) is 0 Å². The van der Waals surface area contributed by atoms with Gasteiger partial charge in [0.05, 0.1) is 23.3 Å². The van der Waals surface area contributed by atoms with E-state index in [0.29, 0.717) is 18.4 Å². The molecule has 4 rings (SSSR count). The number of aliphatic hydroxyl groups is 2. The number of esters is 2. The Labute approximate surface area is 268 Å². The summed E-state index contributed by atoms with van der Waals surface area (Å²) in [6.45, 7) is 2.57. The fraction of sp³-hybridized carbons (Fsp3) is 0.724. The maximum Gasteiger partial charge on any atom is 0.323 e.